The maximum Gasteiger partial charge on any atom is 0.409 e. The zero-order valence-electron chi connectivity index (χ0n) is 15.5. The maximum absolute atomic E-state index is 12.1. The number of hydrogen-bond acceptors (Lipinski definition) is 5. The van der Waals surface area contributed by atoms with Gasteiger partial charge in [0.1, 0.15) is 0 Å². The van der Waals surface area contributed by atoms with Crippen LogP contribution in [0.1, 0.15) is 18.1 Å². The van der Waals surface area contributed by atoms with E-state index >= 15 is 0 Å². The van der Waals surface area contributed by atoms with Crippen molar-refractivity contribution in [1.29, 1.82) is 0 Å². The van der Waals surface area contributed by atoms with Crippen molar-refractivity contribution in [3.63, 3.8) is 0 Å². The second-order valence-electron chi connectivity index (χ2n) is 6.21. The summed E-state index contributed by atoms with van der Waals surface area (Å²) in [6, 6.07) is 5.05. The molecule has 0 spiro atoms. The molecule has 0 atom stereocenters. The second kappa shape index (κ2) is 9.19. The number of benzene rings is 1. The number of aryl methyl sites for hydroxylation is 1. The van der Waals surface area contributed by atoms with Gasteiger partial charge in [0, 0.05) is 31.9 Å². The van der Waals surface area contributed by atoms with Gasteiger partial charge in [0.25, 0.3) is 0 Å². The van der Waals surface area contributed by atoms with E-state index < -0.39 is 6.03 Å². The lowest BCUT2D eigenvalue weighted by molar-refractivity contribution is -0.121. The highest BCUT2D eigenvalue weighted by molar-refractivity contribution is 6.02. The standard InChI is InChI=1S/C18H26N4O4/c1-4-26-18(25)22-10-8-21(9-11-22)12-16(23)20-17(24)19-15-7-5-6-13(2)14(15)3/h5-7H,4,8-12H2,1-3H3,(H2,19,20,23,24). The second-order valence-corrected chi connectivity index (χ2v) is 6.21. The number of carbonyl (C=O) groups excluding carboxylic acids is 3. The van der Waals surface area contributed by atoms with Gasteiger partial charge >= 0.3 is 12.1 Å². The molecule has 0 bridgehead atoms. The fourth-order valence-corrected chi connectivity index (χ4v) is 2.71. The summed E-state index contributed by atoms with van der Waals surface area (Å²) in [6.07, 6.45) is -0.329. The van der Waals surface area contributed by atoms with Crippen LogP contribution >= 0.6 is 0 Å². The third-order valence-electron chi connectivity index (χ3n) is 4.37. The van der Waals surface area contributed by atoms with Crippen LogP contribution in [0.3, 0.4) is 0 Å². The summed E-state index contributed by atoms with van der Waals surface area (Å²) in [6.45, 7) is 8.21. The van der Waals surface area contributed by atoms with Crippen molar-refractivity contribution in [2.75, 3.05) is 44.6 Å². The van der Waals surface area contributed by atoms with Crippen LogP contribution < -0.4 is 10.6 Å². The van der Waals surface area contributed by atoms with Crippen molar-refractivity contribution in [2.45, 2.75) is 20.8 Å². The van der Waals surface area contributed by atoms with E-state index in [9.17, 15) is 14.4 Å². The quantitative estimate of drug-likeness (QED) is 0.851. The average molecular weight is 362 g/mol. The number of hydrogen-bond donors (Lipinski definition) is 2. The Morgan fingerprint density at radius 1 is 1.12 bits per heavy atom. The van der Waals surface area contributed by atoms with Gasteiger partial charge < -0.3 is 15.0 Å². The van der Waals surface area contributed by atoms with Gasteiger partial charge in [-0.3, -0.25) is 15.0 Å². The summed E-state index contributed by atoms with van der Waals surface area (Å²) in [7, 11) is 0. The van der Waals surface area contributed by atoms with E-state index in [1.165, 1.54) is 0 Å². The highest BCUT2D eigenvalue weighted by Crippen LogP contribution is 2.17. The molecule has 26 heavy (non-hydrogen) atoms. The lowest BCUT2D eigenvalue weighted by atomic mass is 10.1. The molecule has 0 aliphatic carbocycles. The first-order valence-corrected chi connectivity index (χ1v) is 8.71. The predicted molar refractivity (Wildman–Crippen MR) is 98.1 cm³/mol. The number of imide groups is 1. The molecule has 142 valence electrons. The predicted octanol–water partition coefficient (Wildman–Crippen LogP) is 1.73. The number of nitrogens with one attached hydrogen (secondary N) is 2. The Labute approximate surface area is 153 Å². The number of urea groups is 1. The highest BCUT2D eigenvalue weighted by Gasteiger charge is 2.23. The molecule has 2 rings (SSSR count). The van der Waals surface area contributed by atoms with E-state index in [0.717, 1.165) is 11.1 Å². The van der Waals surface area contributed by atoms with E-state index in [2.05, 4.69) is 10.6 Å². The summed E-state index contributed by atoms with van der Waals surface area (Å²) < 4.78 is 4.96. The Hall–Kier alpha value is -2.61. The van der Waals surface area contributed by atoms with Crippen LogP contribution in [-0.4, -0.2) is 67.2 Å². The summed E-state index contributed by atoms with van der Waals surface area (Å²) in [5, 5.41) is 5.04. The van der Waals surface area contributed by atoms with Crippen LogP contribution in [0.15, 0.2) is 18.2 Å². The molecule has 1 heterocycles. The van der Waals surface area contributed by atoms with Crippen LogP contribution in [0.5, 0.6) is 0 Å². The molecule has 1 fully saturated rings. The number of ether oxygens (including phenoxy) is 1. The van der Waals surface area contributed by atoms with Gasteiger partial charge in [-0.25, -0.2) is 9.59 Å². The Balaban J connectivity index is 1.76. The van der Waals surface area contributed by atoms with Gasteiger partial charge in [-0.2, -0.15) is 0 Å². The number of carbonyl (C=O) groups is 3. The summed E-state index contributed by atoms with van der Waals surface area (Å²) in [4.78, 5) is 39.2. The highest BCUT2D eigenvalue weighted by atomic mass is 16.6. The Kier molecular flexibility index (Phi) is 6.97. The molecular formula is C18H26N4O4. The number of nitrogens with zero attached hydrogens (tertiary/aromatic N) is 2. The largest absolute Gasteiger partial charge is 0.450 e. The minimum atomic E-state index is -0.547. The van der Waals surface area contributed by atoms with Gasteiger partial charge in [-0.15, -0.1) is 0 Å². The molecule has 8 heteroatoms. The van der Waals surface area contributed by atoms with Crippen molar-refractivity contribution in [3.8, 4) is 0 Å². The van der Waals surface area contributed by atoms with Gasteiger partial charge in [0.2, 0.25) is 5.91 Å². The van der Waals surface area contributed by atoms with Crippen molar-refractivity contribution in [2.24, 2.45) is 0 Å². The molecule has 1 aliphatic rings. The van der Waals surface area contributed by atoms with Crippen LogP contribution in [0.2, 0.25) is 0 Å². The number of anilines is 1. The van der Waals surface area contributed by atoms with Gasteiger partial charge in [-0.05, 0) is 38.0 Å². The third kappa shape index (κ3) is 5.45. The van der Waals surface area contributed by atoms with Crippen molar-refractivity contribution < 1.29 is 19.1 Å². The van der Waals surface area contributed by atoms with E-state index in [1.807, 2.05) is 30.9 Å². The van der Waals surface area contributed by atoms with Crippen LogP contribution in [0.25, 0.3) is 0 Å². The molecule has 4 amide bonds. The van der Waals surface area contributed by atoms with Crippen molar-refractivity contribution in [1.82, 2.24) is 15.1 Å². The zero-order chi connectivity index (χ0) is 19.1. The number of piperazine rings is 1. The minimum Gasteiger partial charge on any atom is -0.450 e. The molecule has 1 aliphatic heterocycles. The van der Waals surface area contributed by atoms with E-state index in [-0.39, 0.29) is 18.5 Å². The maximum atomic E-state index is 12.1. The van der Waals surface area contributed by atoms with Gasteiger partial charge in [-0.1, -0.05) is 12.1 Å². The van der Waals surface area contributed by atoms with Crippen LogP contribution in [0.4, 0.5) is 15.3 Å². The molecule has 2 N–H and O–H groups in total. The van der Waals surface area contributed by atoms with Gasteiger partial charge in [0.05, 0.1) is 13.2 Å². The third-order valence-corrected chi connectivity index (χ3v) is 4.37. The first-order valence-electron chi connectivity index (χ1n) is 8.71. The summed E-state index contributed by atoms with van der Waals surface area (Å²) in [5.41, 5.74) is 2.71. The number of amides is 4. The Morgan fingerprint density at radius 2 is 1.81 bits per heavy atom. The molecule has 0 saturated carbocycles. The Morgan fingerprint density at radius 3 is 2.46 bits per heavy atom. The molecule has 1 aromatic rings. The van der Waals surface area contributed by atoms with Crippen LogP contribution in [-0.2, 0) is 9.53 Å². The molecule has 1 saturated heterocycles. The molecule has 1 aromatic carbocycles. The van der Waals surface area contributed by atoms with Gasteiger partial charge in [0.15, 0.2) is 0 Å². The normalized spacial score (nSPS) is 14.7. The minimum absolute atomic E-state index is 0.108. The molecule has 8 nitrogen and oxygen atoms in total. The molecular weight excluding hydrogens is 336 g/mol. The van der Waals surface area contributed by atoms with Crippen LogP contribution in [0, 0.1) is 13.8 Å². The Bertz CT molecular complexity index is 669. The summed E-state index contributed by atoms with van der Waals surface area (Å²) >= 11 is 0. The summed E-state index contributed by atoms with van der Waals surface area (Å²) in [5.74, 6) is -0.377. The SMILES string of the molecule is CCOC(=O)N1CCN(CC(=O)NC(=O)Nc2cccc(C)c2C)CC1. The first-order chi connectivity index (χ1) is 12.4. The first kappa shape index (κ1) is 19.7. The average Bonchev–Trinajstić information content (AvgIpc) is 2.59. The smallest absolute Gasteiger partial charge is 0.409 e. The van der Waals surface area contributed by atoms with E-state index in [0.29, 0.717) is 38.5 Å². The number of rotatable bonds is 4. The molecule has 0 unspecified atom stereocenters. The van der Waals surface area contributed by atoms with Crippen molar-refractivity contribution >= 4 is 23.7 Å². The van der Waals surface area contributed by atoms with E-state index in [4.69, 9.17) is 4.74 Å². The van der Waals surface area contributed by atoms with E-state index in [1.54, 1.807) is 17.9 Å². The topological polar surface area (TPSA) is 91.0 Å². The lowest BCUT2D eigenvalue weighted by Crippen LogP contribution is -2.51. The monoisotopic (exact) mass is 362 g/mol. The lowest BCUT2D eigenvalue weighted by Gasteiger charge is -2.33. The molecule has 0 aromatic heterocycles. The zero-order valence-corrected chi connectivity index (χ0v) is 15.5. The fraction of sp³-hybridized carbons (Fsp3) is 0.500. The van der Waals surface area contributed by atoms with Crippen molar-refractivity contribution in [3.05, 3.63) is 29.3 Å². The fourth-order valence-electron chi connectivity index (χ4n) is 2.71. The molecule has 0 radical (unpaired) electrons.